The van der Waals surface area contributed by atoms with Crippen molar-refractivity contribution in [2.75, 3.05) is 20.7 Å². The lowest BCUT2D eigenvalue weighted by Crippen LogP contribution is -2.42. The number of amides is 2. The van der Waals surface area contributed by atoms with Gasteiger partial charge in [-0.3, -0.25) is 4.79 Å². The molecule has 0 bridgehead atoms. The molecule has 1 N–H and O–H groups in total. The van der Waals surface area contributed by atoms with Crippen molar-refractivity contribution in [3.05, 3.63) is 24.3 Å². The van der Waals surface area contributed by atoms with Gasteiger partial charge in [0, 0.05) is 13.1 Å². The molecule has 0 fully saturated rings. The monoisotopic (exact) mass is 294 g/mol. The molecule has 0 saturated heterocycles. The zero-order valence-corrected chi connectivity index (χ0v) is 12.9. The van der Waals surface area contributed by atoms with Crippen molar-refractivity contribution in [1.29, 1.82) is 0 Å². The highest BCUT2D eigenvalue weighted by Gasteiger charge is 2.16. The molecule has 1 rings (SSSR count). The summed E-state index contributed by atoms with van der Waals surface area (Å²) in [6.45, 7) is 3.84. The van der Waals surface area contributed by atoms with Crippen LogP contribution in [0.15, 0.2) is 24.3 Å². The molecule has 6 nitrogen and oxygen atoms in total. The predicted octanol–water partition coefficient (Wildman–Crippen LogP) is 2.04. The maximum atomic E-state index is 11.9. The molecule has 1 atom stereocenters. The molecule has 116 valence electrons. The normalized spacial score (nSPS) is 11.4. The number of nitrogens with zero attached hydrogens (tertiary/aromatic N) is 1. The lowest BCUT2D eigenvalue weighted by molar-refractivity contribution is -0.130. The SMILES string of the molecule is CC[C@@H](C)N(C)C(=O)CNC(=O)Oc1ccccc1OC. The number of carbonyl (C=O) groups excluding carboxylic acids is 2. The van der Waals surface area contributed by atoms with Crippen molar-refractivity contribution >= 4 is 12.0 Å². The molecule has 0 aromatic heterocycles. The first-order valence-electron chi connectivity index (χ1n) is 6.84. The Morgan fingerprint density at radius 3 is 2.48 bits per heavy atom. The Hall–Kier alpha value is -2.24. The lowest BCUT2D eigenvalue weighted by Gasteiger charge is -2.23. The average molecular weight is 294 g/mol. The van der Waals surface area contributed by atoms with Gasteiger partial charge in [0.2, 0.25) is 5.91 Å². The quantitative estimate of drug-likeness (QED) is 0.872. The van der Waals surface area contributed by atoms with E-state index < -0.39 is 6.09 Å². The molecular weight excluding hydrogens is 272 g/mol. The molecule has 0 saturated carbocycles. The van der Waals surface area contributed by atoms with Gasteiger partial charge in [0.15, 0.2) is 11.5 Å². The van der Waals surface area contributed by atoms with Gasteiger partial charge in [-0.05, 0) is 25.5 Å². The van der Waals surface area contributed by atoms with Crippen LogP contribution in [-0.4, -0.2) is 43.6 Å². The van der Waals surface area contributed by atoms with Gasteiger partial charge >= 0.3 is 6.09 Å². The number of likely N-dealkylation sites (N-methyl/N-ethyl adjacent to an activating group) is 1. The molecule has 0 spiro atoms. The second kappa shape index (κ2) is 8.14. The fourth-order valence-corrected chi connectivity index (χ4v) is 1.63. The van der Waals surface area contributed by atoms with E-state index in [4.69, 9.17) is 9.47 Å². The van der Waals surface area contributed by atoms with Crippen LogP contribution in [0.3, 0.4) is 0 Å². The molecule has 6 heteroatoms. The Kier molecular flexibility index (Phi) is 6.52. The Labute approximate surface area is 125 Å². The van der Waals surface area contributed by atoms with Crippen LogP contribution in [0.2, 0.25) is 0 Å². The molecule has 0 aliphatic rings. The van der Waals surface area contributed by atoms with E-state index in [1.165, 1.54) is 7.11 Å². The van der Waals surface area contributed by atoms with E-state index in [0.717, 1.165) is 6.42 Å². The average Bonchev–Trinajstić information content (AvgIpc) is 2.51. The van der Waals surface area contributed by atoms with Crippen molar-refractivity contribution in [2.24, 2.45) is 0 Å². The lowest BCUT2D eigenvalue weighted by atomic mass is 10.2. The zero-order chi connectivity index (χ0) is 15.8. The topological polar surface area (TPSA) is 67.9 Å². The van der Waals surface area contributed by atoms with E-state index in [0.29, 0.717) is 11.5 Å². The molecule has 1 aromatic rings. The van der Waals surface area contributed by atoms with Crippen LogP contribution in [0, 0.1) is 0 Å². The summed E-state index contributed by atoms with van der Waals surface area (Å²) in [5.74, 6) is 0.595. The summed E-state index contributed by atoms with van der Waals surface area (Å²) in [5.41, 5.74) is 0. The molecule has 1 aromatic carbocycles. The van der Waals surface area contributed by atoms with Crippen molar-refractivity contribution in [2.45, 2.75) is 26.3 Å². The first kappa shape index (κ1) is 16.8. The molecule has 21 heavy (non-hydrogen) atoms. The van der Waals surface area contributed by atoms with E-state index in [-0.39, 0.29) is 18.5 Å². The van der Waals surface area contributed by atoms with E-state index in [2.05, 4.69) is 5.32 Å². The van der Waals surface area contributed by atoms with Crippen LogP contribution < -0.4 is 14.8 Å². The van der Waals surface area contributed by atoms with Gasteiger partial charge in [0.25, 0.3) is 0 Å². The summed E-state index contributed by atoms with van der Waals surface area (Å²) < 4.78 is 10.2. The zero-order valence-electron chi connectivity index (χ0n) is 12.9. The predicted molar refractivity (Wildman–Crippen MR) is 79.5 cm³/mol. The molecule has 0 aliphatic heterocycles. The van der Waals surface area contributed by atoms with Gasteiger partial charge in [0.1, 0.15) is 6.54 Å². The largest absolute Gasteiger partial charge is 0.493 e. The fraction of sp³-hybridized carbons (Fsp3) is 0.467. The minimum absolute atomic E-state index is 0.102. The van der Waals surface area contributed by atoms with Gasteiger partial charge in [0.05, 0.1) is 7.11 Å². The first-order chi connectivity index (χ1) is 9.99. The van der Waals surface area contributed by atoms with Gasteiger partial charge in [-0.1, -0.05) is 19.1 Å². The van der Waals surface area contributed by atoms with Gasteiger partial charge in [-0.15, -0.1) is 0 Å². The van der Waals surface area contributed by atoms with Crippen LogP contribution in [-0.2, 0) is 4.79 Å². The highest BCUT2D eigenvalue weighted by atomic mass is 16.6. The van der Waals surface area contributed by atoms with Crippen LogP contribution in [0.5, 0.6) is 11.5 Å². The minimum atomic E-state index is -0.689. The number of rotatable bonds is 6. The first-order valence-corrected chi connectivity index (χ1v) is 6.84. The molecule has 0 heterocycles. The summed E-state index contributed by atoms with van der Waals surface area (Å²) in [6, 6.07) is 6.93. The maximum Gasteiger partial charge on any atom is 0.413 e. The van der Waals surface area contributed by atoms with Gasteiger partial charge in [-0.25, -0.2) is 4.79 Å². The Morgan fingerprint density at radius 1 is 1.29 bits per heavy atom. The van der Waals surface area contributed by atoms with E-state index in [1.54, 1.807) is 36.2 Å². The molecule has 0 radical (unpaired) electrons. The van der Waals surface area contributed by atoms with Gasteiger partial charge in [-0.2, -0.15) is 0 Å². The van der Waals surface area contributed by atoms with Crippen LogP contribution in [0.4, 0.5) is 4.79 Å². The number of nitrogens with one attached hydrogen (secondary N) is 1. The Balaban J connectivity index is 2.49. The maximum absolute atomic E-state index is 11.9. The van der Waals surface area contributed by atoms with Gasteiger partial charge < -0.3 is 19.7 Å². The third kappa shape index (κ3) is 4.98. The third-order valence-electron chi connectivity index (χ3n) is 3.30. The van der Waals surface area contributed by atoms with Crippen LogP contribution in [0.25, 0.3) is 0 Å². The van der Waals surface area contributed by atoms with Crippen molar-refractivity contribution in [3.63, 3.8) is 0 Å². The van der Waals surface area contributed by atoms with E-state index in [1.807, 2.05) is 13.8 Å². The number of hydrogen-bond donors (Lipinski definition) is 1. The fourth-order valence-electron chi connectivity index (χ4n) is 1.63. The minimum Gasteiger partial charge on any atom is -0.493 e. The number of ether oxygens (including phenoxy) is 2. The van der Waals surface area contributed by atoms with Crippen molar-refractivity contribution in [3.8, 4) is 11.5 Å². The molecular formula is C15H22N2O4. The number of carbonyl (C=O) groups is 2. The molecule has 0 unspecified atom stereocenters. The van der Waals surface area contributed by atoms with E-state index >= 15 is 0 Å². The summed E-state index contributed by atoms with van der Waals surface area (Å²) >= 11 is 0. The number of hydrogen-bond acceptors (Lipinski definition) is 4. The highest BCUT2D eigenvalue weighted by molar-refractivity contribution is 5.83. The van der Waals surface area contributed by atoms with Crippen LogP contribution in [0.1, 0.15) is 20.3 Å². The Morgan fingerprint density at radius 2 is 1.90 bits per heavy atom. The standard InChI is InChI=1S/C15H22N2O4/c1-5-11(2)17(3)14(18)10-16-15(19)21-13-9-7-6-8-12(13)20-4/h6-9,11H,5,10H2,1-4H3,(H,16,19)/t11-/m1/s1. The Bertz CT molecular complexity index is 490. The van der Waals surface area contributed by atoms with Crippen LogP contribution >= 0.6 is 0 Å². The summed E-state index contributed by atoms with van der Waals surface area (Å²) in [6.07, 6.45) is 0.166. The van der Waals surface area contributed by atoms with E-state index in [9.17, 15) is 9.59 Å². The third-order valence-corrected chi connectivity index (χ3v) is 3.30. The second-order valence-electron chi connectivity index (χ2n) is 4.66. The van der Waals surface area contributed by atoms with Crippen molar-refractivity contribution < 1.29 is 19.1 Å². The number of methoxy groups -OCH3 is 1. The second-order valence-corrected chi connectivity index (χ2v) is 4.66. The number of para-hydroxylation sites is 2. The highest BCUT2D eigenvalue weighted by Crippen LogP contribution is 2.25. The molecule has 2 amide bonds. The van der Waals surface area contributed by atoms with Crippen molar-refractivity contribution in [1.82, 2.24) is 10.2 Å². The molecule has 0 aliphatic carbocycles. The summed E-state index contributed by atoms with van der Waals surface area (Å²) in [5, 5.41) is 2.43. The summed E-state index contributed by atoms with van der Waals surface area (Å²) in [4.78, 5) is 25.1. The summed E-state index contributed by atoms with van der Waals surface area (Å²) in [7, 11) is 3.20. The smallest absolute Gasteiger partial charge is 0.413 e. The number of benzene rings is 1.